The minimum absolute atomic E-state index is 0.0290. The molecule has 0 radical (unpaired) electrons. The van der Waals surface area contributed by atoms with Gasteiger partial charge in [-0.25, -0.2) is 0 Å². The molecular weight excluding hydrogens is 254 g/mol. The van der Waals surface area contributed by atoms with Gasteiger partial charge in [0, 0.05) is 11.9 Å². The fourth-order valence-corrected chi connectivity index (χ4v) is 1.81. The molecule has 0 bridgehead atoms. The van der Waals surface area contributed by atoms with Crippen LogP contribution in [0.5, 0.6) is 5.75 Å². The average Bonchev–Trinajstić information content (AvgIpc) is 2.33. The van der Waals surface area contributed by atoms with Crippen molar-refractivity contribution in [1.29, 1.82) is 0 Å². The summed E-state index contributed by atoms with van der Waals surface area (Å²) in [5.41, 5.74) is 0.985. The summed E-state index contributed by atoms with van der Waals surface area (Å²) in [5.74, 6) is 1.04. The molecule has 0 amide bonds. The number of aryl methyl sites for hydroxylation is 1. The second-order valence-electron chi connectivity index (χ2n) is 4.18. The van der Waals surface area contributed by atoms with Gasteiger partial charge in [0.05, 0.1) is 11.5 Å². The van der Waals surface area contributed by atoms with E-state index >= 15 is 0 Å². The molecule has 0 fully saturated rings. The Balaban J connectivity index is 2.45. The first-order chi connectivity index (χ1) is 8.65. The number of ether oxygens (including phenoxy) is 1. The fourth-order valence-electron chi connectivity index (χ4n) is 1.62. The first-order valence-electron chi connectivity index (χ1n) is 6.09. The number of alkyl halides is 1. The van der Waals surface area contributed by atoms with E-state index < -0.39 is 4.92 Å². The highest BCUT2D eigenvalue weighted by molar-refractivity contribution is 6.17. The number of halogens is 1. The summed E-state index contributed by atoms with van der Waals surface area (Å²) in [6.45, 7) is 2.39. The Kier molecular flexibility index (Phi) is 6.50. The molecule has 4 nitrogen and oxygen atoms in total. The molecule has 0 aliphatic rings. The molecule has 0 saturated carbocycles. The Morgan fingerprint density at radius 2 is 2.00 bits per heavy atom. The fraction of sp³-hybridized carbons (Fsp3) is 0.538. The molecule has 0 unspecified atom stereocenters. The highest BCUT2D eigenvalue weighted by Crippen LogP contribution is 2.27. The van der Waals surface area contributed by atoms with Gasteiger partial charge in [0.2, 0.25) is 0 Å². The van der Waals surface area contributed by atoms with Crippen molar-refractivity contribution in [2.75, 3.05) is 12.5 Å². The molecule has 5 heteroatoms. The highest BCUT2D eigenvalue weighted by atomic mass is 35.5. The number of nitro benzene ring substituents is 1. The lowest BCUT2D eigenvalue weighted by Crippen LogP contribution is -2.01. The van der Waals surface area contributed by atoms with Crippen molar-refractivity contribution >= 4 is 17.3 Å². The van der Waals surface area contributed by atoms with Gasteiger partial charge in [-0.3, -0.25) is 10.1 Å². The van der Waals surface area contributed by atoms with Gasteiger partial charge in [0.15, 0.2) is 5.75 Å². The standard InChI is InChI=1S/C13H18ClNO3/c1-11-6-7-12(15(16)17)13(10-11)18-9-5-3-2-4-8-14/h6-7,10H,2-5,8-9H2,1H3. The lowest BCUT2D eigenvalue weighted by molar-refractivity contribution is -0.385. The third-order valence-electron chi connectivity index (χ3n) is 2.60. The lowest BCUT2D eigenvalue weighted by Gasteiger charge is -2.07. The molecule has 0 aliphatic heterocycles. The Labute approximate surface area is 112 Å². The van der Waals surface area contributed by atoms with E-state index in [2.05, 4.69) is 0 Å². The van der Waals surface area contributed by atoms with Gasteiger partial charge in [0.1, 0.15) is 0 Å². The number of hydrogen-bond donors (Lipinski definition) is 0. The molecule has 0 aromatic heterocycles. The van der Waals surface area contributed by atoms with Gasteiger partial charge in [-0.15, -0.1) is 11.6 Å². The summed E-state index contributed by atoms with van der Waals surface area (Å²) in [6.07, 6.45) is 4.00. The summed E-state index contributed by atoms with van der Waals surface area (Å²) in [7, 11) is 0. The zero-order valence-electron chi connectivity index (χ0n) is 10.5. The molecule has 1 aromatic carbocycles. The number of rotatable bonds is 8. The summed E-state index contributed by atoms with van der Waals surface area (Å²) in [6, 6.07) is 4.90. The van der Waals surface area contributed by atoms with Crippen LogP contribution in [-0.4, -0.2) is 17.4 Å². The minimum atomic E-state index is -0.414. The topological polar surface area (TPSA) is 52.4 Å². The maximum Gasteiger partial charge on any atom is 0.310 e. The smallest absolute Gasteiger partial charge is 0.310 e. The molecule has 0 N–H and O–H groups in total. The van der Waals surface area contributed by atoms with Crippen molar-refractivity contribution in [3.63, 3.8) is 0 Å². The molecule has 0 aliphatic carbocycles. The van der Waals surface area contributed by atoms with Crippen LogP contribution in [0.2, 0.25) is 0 Å². The van der Waals surface area contributed by atoms with Gasteiger partial charge >= 0.3 is 5.69 Å². The molecule has 100 valence electrons. The van der Waals surface area contributed by atoms with Crippen LogP contribution < -0.4 is 4.74 Å². The van der Waals surface area contributed by atoms with E-state index in [4.69, 9.17) is 16.3 Å². The molecule has 18 heavy (non-hydrogen) atoms. The van der Waals surface area contributed by atoms with Crippen molar-refractivity contribution < 1.29 is 9.66 Å². The Morgan fingerprint density at radius 1 is 1.28 bits per heavy atom. The van der Waals surface area contributed by atoms with Gasteiger partial charge < -0.3 is 4.74 Å². The van der Waals surface area contributed by atoms with Crippen molar-refractivity contribution in [1.82, 2.24) is 0 Å². The zero-order valence-corrected chi connectivity index (χ0v) is 11.3. The Bertz CT molecular complexity index is 396. The molecule has 0 saturated heterocycles. The number of nitro groups is 1. The largest absolute Gasteiger partial charge is 0.487 e. The van der Waals surface area contributed by atoms with Crippen LogP contribution in [0.1, 0.15) is 31.2 Å². The van der Waals surface area contributed by atoms with Crippen LogP contribution >= 0.6 is 11.6 Å². The molecule has 1 rings (SSSR count). The second-order valence-corrected chi connectivity index (χ2v) is 4.56. The van der Waals surface area contributed by atoms with E-state index in [9.17, 15) is 10.1 Å². The van der Waals surface area contributed by atoms with E-state index in [1.807, 2.05) is 6.92 Å². The van der Waals surface area contributed by atoms with Crippen LogP contribution in [-0.2, 0) is 0 Å². The van der Waals surface area contributed by atoms with Crippen LogP contribution in [0.3, 0.4) is 0 Å². The molecule has 1 aromatic rings. The molecule has 0 spiro atoms. The lowest BCUT2D eigenvalue weighted by atomic mass is 10.2. The van der Waals surface area contributed by atoms with Crippen LogP contribution in [0.15, 0.2) is 18.2 Å². The van der Waals surface area contributed by atoms with Gasteiger partial charge in [-0.05, 0) is 31.4 Å². The number of hydrogen-bond acceptors (Lipinski definition) is 3. The van der Waals surface area contributed by atoms with E-state index in [0.29, 0.717) is 18.2 Å². The van der Waals surface area contributed by atoms with Crippen LogP contribution in [0, 0.1) is 17.0 Å². The van der Waals surface area contributed by atoms with E-state index in [-0.39, 0.29) is 5.69 Å². The van der Waals surface area contributed by atoms with Gasteiger partial charge in [-0.1, -0.05) is 18.9 Å². The number of unbranched alkanes of at least 4 members (excludes halogenated alkanes) is 3. The maximum absolute atomic E-state index is 10.8. The van der Waals surface area contributed by atoms with Gasteiger partial charge in [0.25, 0.3) is 0 Å². The third kappa shape index (κ3) is 4.92. The monoisotopic (exact) mass is 271 g/mol. The maximum atomic E-state index is 10.8. The summed E-state index contributed by atoms with van der Waals surface area (Å²) < 4.78 is 5.48. The van der Waals surface area contributed by atoms with Gasteiger partial charge in [-0.2, -0.15) is 0 Å². The minimum Gasteiger partial charge on any atom is -0.487 e. The Morgan fingerprint density at radius 3 is 2.67 bits per heavy atom. The van der Waals surface area contributed by atoms with Crippen molar-refractivity contribution in [3.8, 4) is 5.75 Å². The molecule has 0 heterocycles. The van der Waals surface area contributed by atoms with Crippen LogP contribution in [0.4, 0.5) is 5.69 Å². The normalized spacial score (nSPS) is 10.3. The highest BCUT2D eigenvalue weighted by Gasteiger charge is 2.14. The van der Waals surface area contributed by atoms with E-state index in [1.165, 1.54) is 6.07 Å². The predicted octanol–water partition coefficient (Wildman–Crippen LogP) is 4.08. The SMILES string of the molecule is Cc1ccc([N+](=O)[O-])c(OCCCCCCCl)c1. The first-order valence-corrected chi connectivity index (χ1v) is 6.62. The van der Waals surface area contributed by atoms with Crippen molar-refractivity contribution in [2.45, 2.75) is 32.6 Å². The third-order valence-corrected chi connectivity index (χ3v) is 2.86. The second kappa shape index (κ2) is 7.93. The van der Waals surface area contributed by atoms with Crippen molar-refractivity contribution in [3.05, 3.63) is 33.9 Å². The Hall–Kier alpha value is -1.29. The molecular formula is C13H18ClNO3. The summed E-state index contributed by atoms with van der Waals surface area (Å²) in [5, 5.41) is 10.8. The predicted molar refractivity (Wildman–Crippen MR) is 72.5 cm³/mol. The number of nitrogens with zero attached hydrogens (tertiary/aromatic N) is 1. The average molecular weight is 272 g/mol. The number of benzene rings is 1. The zero-order chi connectivity index (χ0) is 13.4. The van der Waals surface area contributed by atoms with Crippen molar-refractivity contribution in [2.24, 2.45) is 0 Å². The summed E-state index contributed by atoms with van der Waals surface area (Å²) in [4.78, 5) is 10.4. The summed E-state index contributed by atoms with van der Waals surface area (Å²) >= 11 is 5.58. The van der Waals surface area contributed by atoms with E-state index in [1.54, 1.807) is 12.1 Å². The molecule has 0 atom stereocenters. The van der Waals surface area contributed by atoms with Crippen LogP contribution in [0.25, 0.3) is 0 Å². The first kappa shape index (κ1) is 14.8. The quantitative estimate of drug-likeness (QED) is 0.310. The van der Waals surface area contributed by atoms with E-state index in [0.717, 1.165) is 31.2 Å².